The Morgan fingerprint density at radius 3 is 2.43 bits per heavy atom. The first-order valence-corrected chi connectivity index (χ1v) is 12.5. The average molecular weight is 511 g/mol. The van der Waals surface area contributed by atoms with Crippen LogP contribution in [0.15, 0.2) is 72.8 Å². The van der Waals surface area contributed by atoms with Gasteiger partial charge in [0, 0.05) is 25.7 Å². The van der Waals surface area contributed by atoms with Gasteiger partial charge >= 0.3 is 0 Å². The van der Waals surface area contributed by atoms with Crippen molar-refractivity contribution >= 4 is 35.0 Å². The first-order chi connectivity index (χ1) is 16.9. The molecule has 0 saturated carbocycles. The molecule has 5 nitrogen and oxygen atoms in total. The van der Waals surface area contributed by atoms with Crippen molar-refractivity contribution in [1.82, 2.24) is 9.80 Å². The molecule has 3 aromatic carbocycles. The van der Waals surface area contributed by atoms with Crippen LogP contribution in [-0.2, 0) is 6.42 Å². The van der Waals surface area contributed by atoms with Gasteiger partial charge in [-0.1, -0.05) is 65.7 Å². The quantitative estimate of drug-likeness (QED) is 0.434. The molecule has 0 fully saturated rings. The van der Waals surface area contributed by atoms with Crippen molar-refractivity contribution in [3.63, 3.8) is 0 Å². The van der Waals surface area contributed by atoms with E-state index in [4.69, 9.17) is 27.9 Å². The Morgan fingerprint density at radius 1 is 0.943 bits per heavy atom. The molecule has 1 aliphatic rings. The first kappa shape index (κ1) is 25.1. The summed E-state index contributed by atoms with van der Waals surface area (Å²) in [5.74, 6) is 0.331. The van der Waals surface area contributed by atoms with Crippen molar-refractivity contribution in [2.75, 3.05) is 26.7 Å². The zero-order valence-electron chi connectivity index (χ0n) is 19.6. The molecule has 0 spiro atoms. The number of carbonyl (C=O) groups is 2. The third kappa shape index (κ3) is 6.16. The molecule has 0 aliphatic carbocycles. The van der Waals surface area contributed by atoms with Gasteiger partial charge in [0.1, 0.15) is 12.4 Å². The molecule has 1 atom stereocenters. The van der Waals surface area contributed by atoms with Gasteiger partial charge in [-0.3, -0.25) is 9.59 Å². The maximum absolute atomic E-state index is 13.7. The number of ether oxygens (including phenoxy) is 1. The van der Waals surface area contributed by atoms with Gasteiger partial charge in [-0.25, -0.2) is 0 Å². The molecule has 3 aromatic rings. The highest BCUT2D eigenvalue weighted by molar-refractivity contribution is 6.42. The van der Waals surface area contributed by atoms with E-state index >= 15 is 0 Å². The number of halogens is 2. The van der Waals surface area contributed by atoms with Gasteiger partial charge in [-0.05, 0) is 55.2 Å². The maximum atomic E-state index is 13.7. The number of fused-ring (bicyclic) bond motifs is 1. The molecule has 7 heteroatoms. The second-order valence-corrected chi connectivity index (χ2v) is 9.53. The number of amides is 2. The third-order valence-corrected chi connectivity index (χ3v) is 6.96. The predicted molar refractivity (Wildman–Crippen MR) is 140 cm³/mol. The summed E-state index contributed by atoms with van der Waals surface area (Å²) in [5.41, 5.74) is 2.11. The van der Waals surface area contributed by atoms with Crippen LogP contribution < -0.4 is 4.74 Å². The molecule has 0 radical (unpaired) electrons. The predicted octanol–water partition coefficient (Wildman–Crippen LogP) is 5.99. The van der Waals surface area contributed by atoms with E-state index in [1.165, 1.54) is 0 Å². The molecule has 182 valence electrons. The molecule has 0 unspecified atom stereocenters. The number of nitrogens with zero attached hydrogens (tertiary/aromatic N) is 2. The zero-order chi connectivity index (χ0) is 24.8. The molecule has 0 saturated heterocycles. The number of carbonyl (C=O) groups excluding carboxylic acids is 2. The van der Waals surface area contributed by atoms with E-state index in [9.17, 15) is 9.59 Å². The maximum Gasteiger partial charge on any atom is 0.257 e. The van der Waals surface area contributed by atoms with Crippen molar-refractivity contribution in [2.45, 2.75) is 25.3 Å². The van der Waals surface area contributed by atoms with Crippen molar-refractivity contribution in [1.29, 1.82) is 0 Å². The highest BCUT2D eigenvalue weighted by atomic mass is 35.5. The lowest BCUT2D eigenvalue weighted by Gasteiger charge is -2.33. The molecule has 1 heterocycles. The van der Waals surface area contributed by atoms with Gasteiger partial charge in [-0.2, -0.15) is 0 Å². The van der Waals surface area contributed by atoms with Crippen LogP contribution in [0.4, 0.5) is 0 Å². The Hall–Kier alpha value is -3.02. The molecule has 2 amide bonds. The van der Waals surface area contributed by atoms with E-state index in [-0.39, 0.29) is 24.5 Å². The Kier molecular flexibility index (Phi) is 8.32. The Bertz CT molecular complexity index is 1190. The van der Waals surface area contributed by atoms with E-state index in [0.717, 1.165) is 18.4 Å². The minimum absolute atomic E-state index is 0.0653. The highest BCUT2D eigenvalue weighted by Crippen LogP contribution is 2.26. The van der Waals surface area contributed by atoms with Gasteiger partial charge in [0.25, 0.3) is 11.8 Å². The summed E-state index contributed by atoms with van der Waals surface area (Å²) < 4.78 is 6.23. The van der Waals surface area contributed by atoms with Gasteiger partial charge in [0.05, 0.1) is 21.7 Å². The van der Waals surface area contributed by atoms with E-state index in [2.05, 4.69) is 0 Å². The summed E-state index contributed by atoms with van der Waals surface area (Å²) in [6, 6.07) is 22.0. The first-order valence-electron chi connectivity index (χ1n) is 11.7. The smallest absolute Gasteiger partial charge is 0.257 e. The minimum Gasteiger partial charge on any atom is -0.491 e. The monoisotopic (exact) mass is 510 g/mol. The molecule has 0 aromatic heterocycles. The minimum atomic E-state index is -0.250. The van der Waals surface area contributed by atoms with Gasteiger partial charge in [0.2, 0.25) is 0 Å². The Morgan fingerprint density at radius 2 is 1.66 bits per heavy atom. The number of benzene rings is 3. The molecule has 35 heavy (non-hydrogen) atoms. The summed E-state index contributed by atoms with van der Waals surface area (Å²) in [4.78, 5) is 30.3. The average Bonchev–Trinajstić information content (AvgIpc) is 2.87. The van der Waals surface area contributed by atoms with Crippen LogP contribution in [0.5, 0.6) is 5.75 Å². The van der Waals surface area contributed by atoms with Crippen LogP contribution in [0.3, 0.4) is 0 Å². The van der Waals surface area contributed by atoms with Gasteiger partial charge < -0.3 is 14.5 Å². The fraction of sp³-hybridized carbons (Fsp3) is 0.286. The lowest BCUT2D eigenvalue weighted by Crippen LogP contribution is -2.46. The van der Waals surface area contributed by atoms with Gasteiger partial charge in [-0.15, -0.1) is 0 Å². The Balaban J connectivity index is 1.70. The summed E-state index contributed by atoms with van der Waals surface area (Å²) in [6.45, 7) is 1.37. The van der Waals surface area contributed by atoms with E-state index in [1.807, 2.05) is 47.4 Å². The Labute approximate surface area is 216 Å². The summed E-state index contributed by atoms with van der Waals surface area (Å²) in [6.07, 6.45) is 2.13. The van der Waals surface area contributed by atoms with E-state index in [0.29, 0.717) is 46.4 Å². The molecular weight excluding hydrogens is 483 g/mol. The second kappa shape index (κ2) is 11.6. The van der Waals surface area contributed by atoms with Crippen LogP contribution in [0.25, 0.3) is 0 Å². The molecule has 1 aliphatic heterocycles. The normalized spacial score (nSPS) is 17.1. The second-order valence-electron chi connectivity index (χ2n) is 8.71. The summed E-state index contributed by atoms with van der Waals surface area (Å²) in [5, 5.41) is 0.752. The van der Waals surface area contributed by atoms with Crippen molar-refractivity contribution in [2.24, 2.45) is 0 Å². The van der Waals surface area contributed by atoms with E-state index < -0.39 is 0 Å². The standard InChI is InChI=1S/C28H28Cl2N2O3/c1-31-15-7-8-16-32(27(33)21-13-14-24(29)25(30)18-21)22(17-20-9-3-2-4-10-20)19-35-26-12-6-5-11-23(26)28(31)34/h2-6,9-14,18,22H,7-8,15-17,19H2,1H3/t22-/m1/s1. The molecule has 0 bridgehead atoms. The fourth-order valence-electron chi connectivity index (χ4n) is 4.28. The van der Waals surface area contributed by atoms with Crippen LogP contribution >= 0.6 is 23.2 Å². The number of para-hydroxylation sites is 1. The van der Waals surface area contributed by atoms with Crippen LogP contribution in [0.2, 0.25) is 10.0 Å². The molecular formula is C28H28Cl2N2O3. The van der Waals surface area contributed by atoms with Crippen LogP contribution in [0, 0.1) is 0 Å². The van der Waals surface area contributed by atoms with Crippen molar-refractivity contribution in [3.8, 4) is 5.75 Å². The van der Waals surface area contributed by atoms with Gasteiger partial charge in [0.15, 0.2) is 0 Å². The van der Waals surface area contributed by atoms with Crippen molar-refractivity contribution in [3.05, 3.63) is 99.5 Å². The third-order valence-electron chi connectivity index (χ3n) is 6.22. The number of hydrogen-bond donors (Lipinski definition) is 0. The summed E-state index contributed by atoms with van der Waals surface area (Å²) >= 11 is 12.3. The lowest BCUT2D eigenvalue weighted by molar-refractivity contribution is 0.0590. The SMILES string of the molecule is CN1CCCCN(C(=O)c2ccc(Cl)c(Cl)c2)[C@H](Cc2ccccc2)COc2ccccc2C1=O. The molecule has 4 rings (SSSR count). The zero-order valence-corrected chi connectivity index (χ0v) is 21.1. The highest BCUT2D eigenvalue weighted by Gasteiger charge is 2.28. The number of rotatable bonds is 3. The van der Waals surface area contributed by atoms with Crippen LogP contribution in [0.1, 0.15) is 39.1 Å². The number of hydrogen-bond acceptors (Lipinski definition) is 3. The molecule has 0 N–H and O–H groups in total. The topological polar surface area (TPSA) is 49.9 Å². The van der Waals surface area contributed by atoms with Crippen LogP contribution in [-0.4, -0.2) is 54.4 Å². The van der Waals surface area contributed by atoms with E-state index in [1.54, 1.807) is 42.3 Å². The summed E-state index contributed by atoms with van der Waals surface area (Å²) in [7, 11) is 1.79. The lowest BCUT2D eigenvalue weighted by atomic mass is 10.0. The fourth-order valence-corrected chi connectivity index (χ4v) is 4.58. The largest absolute Gasteiger partial charge is 0.491 e. The van der Waals surface area contributed by atoms with Crippen molar-refractivity contribution < 1.29 is 14.3 Å².